The van der Waals surface area contributed by atoms with Gasteiger partial charge < -0.3 is 31.3 Å². The third-order valence-corrected chi connectivity index (χ3v) is 4.86. The van der Waals surface area contributed by atoms with Crippen LogP contribution in [0.15, 0.2) is 4.99 Å². The Labute approximate surface area is 135 Å². The largest absolute Gasteiger partial charge is 0.397 e. The van der Waals surface area contributed by atoms with E-state index in [1.165, 1.54) is 0 Å². The fraction of sp³-hybridized carbons (Fsp3) is 0.778. The van der Waals surface area contributed by atoms with Gasteiger partial charge in [0, 0.05) is 0 Å². The monoisotopic (exact) mass is 368 g/mol. The Morgan fingerprint density at radius 2 is 2.12 bits per heavy atom. The maximum atomic E-state index is 11.0. The number of hydrogen-bond acceptors (Lipinski definition) is 11. The van der Waals surface area contributed by atoms with Crippen molar-refractivity contribution in [2.45, 2.75) is 29.6 Å². The molecule has 2 fully saturated rings. The molecular weight excluding hydrogens is 352 g/mol. The average Bonchev–Trinajstić information content (AvgIpc) is 2.89. The number of guanidine groups is 2. The first-order valence-corrected chi connectivity index (χ1v) is 7.99. The highest BCUT2D eigenvalue weighted by Crippen LogP contribution is 2.46. The van der Waals surface area contributed by atoms with Crippen molar-refractivity contribution in [3.8, 4) is 0 Å². The van der Waals surface area contributed by atoms with Gasteiger partial charge in [-0.2, -0.15) is 8.42 Å². The molecule has 1 spiro atoms. The van der Waals surface area contributed by atoms with Gasteiger partial charge in [-0.15, -0.1) is 0 Å². The topological polar surface area (TPSA) is 225 Å². The molecule has 24 heavy (non-hydrogen) atoms. The number of aliphatic imine (C=N–C) groups is 1. The summed E-state index contributed by atoms with van der Waals surface area (Å²) < 4.78 is 35.1. The first kappa shape index (κ1) is 17.1. The van der Waals surface area contributed by atoms with E-state index in [-0.39, 0.29) is 5.96 Å². The van der Waals surface area contributed by atoms with Crippen LogP contribution < -0.4 is 11.1 Å². The van der Waals surface area contributed by atoms with E-state index in [9.17, 15) is 28.9 Å². The van der Waals surface area contributed by atoms with E-state index >= 15 is 0 Å². The molecule has 3 rings (SSSR count). The molecule has 136 valence electrons. The zero-order chi connectivity index (χ0) is 18.1. The first-order valence-electron chi connectivity index (χ1n) is 6.62. The summed E-state index contributed by atoms with van der Waals surface area (Å²) in [5.41, 5.74) is 3.49. The van der Waals surface area contributed by atoms with Gasteiger partial charge >= 0.3 is 10.4 Å². The smallest absolute Gasteiger partial charge is 0.394 e. The summed E-state index contributed by atoms with van der Waals surface area (Å²) in [6.07, 6.45) is -1.94. The van der Waals surface area contributed by atoms with Gasteiger partial charge in [0.25, 0.3) is 0 Å². The van der Waals surface area contributed by atoms with E-state index in [4.69, 9.17) is 15.7 Å². The molecule has 0 bridgehead atoms. The predicted octanol–water partition coefficient (Wildman–Crippen LogP) is -4.85. The SMILES string of the molecule is N=C1N(O)[C@@H](CO)[C@@H]2N=C(N)N[C@]23N1CC(OS(=O)(=O)O)C3(O)O. The van der Waals surface area contributed by atoms with Gasteiger partial charge in [-0.05, 0) is 0 Å². The molecule has 3 aliphatic heterocycles. The average molecular weight is 368 g/mol. The molecule has 0 aromatic rings. The molecule has 3 aliphatic rings. The van der Waals surface area contributed by atoms with Crippen LogP contribution in [0.3, 0.4) is 0 Å². The number of hydroxylamine groups is 2. The summed E-state index contributed by atoms with van der Waals surface area (Å²) in [5.74, 6) is -3.98. The van der Waals surface area contributed by atoms with Crippen molar-refractivity contribution in [2.75, 3.05) is 13.2 Å². The maximum absolute atomic E-state index is 11.0. The van der Waals surface area contributed by atoms with Crippen LogP contribution in [-0.2, 0) is 14.6 Å². The van der Waals surface area contributed by atoms with Crippen LogP contribution >= 0.6 is 0 Å². The third kappa shape index (κ3) is 2.00. The van der Waals surface area contributed by atoms with Crippen LogP contribution in [0.5, 0.6) is 0 Å². The Hall–Kier alpha value is -1.75. The van der Waals surface area contributed by atoms with Crippen molar-refractivity contribution < 1.29 is 37.7 Å². The quantitative estimate of drug-likeness (QED) is 0.173. The second-order valence-electron chi connectivity index (χ2n) is 5.62. The molecule has 0 radical (unpaired) electrons. The van der Waals surface area contributed by atoms with Crippen molar-refractivity contribution in [3.63, 3.8) is 0 Å². The number of nitrogens with zero attached hydrogens (tertiary/aromatic N) is 3. The maximum Gasteiger partial charge on any atom is 0.397 e. The summed E-state index contributed by atoms with van der Waals surface area (Å²) in [6.45, 7) is -1.34. The van der Waals surface area contributed by atoms with Gasteiger partial charge in [0.15, 0.2) is 17.7 Å². The Balaban J connectivity index is 2.13. The highest BCUT2D eigenvalue weighted by Gasteiger charge is 2.75. The van der Waals surface area contributed by atoms with Gasteiger partial charge in [0.05, 0.1) is 13.2 Å². The lowest BCUT2D eigenvalue weighted by Gasteiger charge is -2.52. The Morgan fingerprint density at radius 1 is 1.50 bits per heavy atom. The van der Waals surface area contributed by atoms with Crippen molar-refractivity contribution in [2.24, 2.45) is 10.7 Å². The lowest BCUT2D eigenvalue weighted by Crippen LogP contribution is -2.80. The molecule has 9 N–H and O–H groups in total. The second kappa shape index (κ2) is 4.88. The number of rotatable bonds is 3. The van der Waals surface area contributed by atoms with Gasteiger partial charge in [-0.3, -0.25) is 15.2 Å². The Morgan fingerprint density at radius 3 is 2.67 bits per heavy atom. The van der Waals surface area contributed by atoms with E-state index in [0.717, 1.165) is 4.90 Å². The second-order valence-corrected chi connectivity index (χ2v) is 6.67. The molecule has 0 saturated carbocycles. The van der Waals surface area contributed by atoms with Gasteiger partial charge in [-0.25, -0.2) is 14.2 Å². The van der Waals surface area contributed by atoms with Crippen LogP contribution in [0.4, 0.5) is 0 Å². The summed E-state index contributed by atoms with van der Waals surface area (Å²) in [4.78, 5) is 4.78. The molecule has 0 aromatic heterocycles. The minimum Gasteiger partial charge on any atom is -0.394 e. The fourth-order valence-electron chi connectivity index (χ4n) is 3.42. The van der Waals surface area contributed by atoms with Gasteiger partial charge in [-0.1, -0.05) is 0 Å². The molecule has 4 atom stereocenters. The minimum atomic E-state index is -5.06. The standard InChI is InChI=1S/C9H16N6O8S/c10-6-12-5-3(2-16)15(19)7(11)14-1-4(23-24(20,21)22)9(17,18)8(5,14)13-6/h3-5,11,16-19H,1-2H2,(H3,10,12,13)(H,20,21,22)/t3-,4?,5-,8-/m0/s1. The van der Waals surface area contributed by atoms with Crippen LogP contribution in [0.1, 0.15) is 0 Å². The van der Waals surface area contributed by atoms with Gasteiger partial charge in [0.1, 0.15) is 12.1 Å². The number of aliphatic hydroxyl groups is 3. The summed E-state index contributed by atoms with van der Waals surface area (Å²) in [5, 5.41) is 51.3. The first-order chi connectivity index (χ1) is 11.0. The molecule has 0 aromatic carbocycles. The molecular formula is C9H16N6O8S. The number of hydrogen-bond donors (Lipinski definition) is 8. The molecule has 0 amide bonds. The molecule has 1 unspecified atom stereocenters. The highest BCUT2D eigenvalue weighted by molar-refractivity contribution is 7.80. The highest BCUT2D eigenvalue weighted by atomic mass is 32.3. The normalized spacial score (nSPS) is 37.8. The van der Waals surface area contributed by atoms with Crippen LogP contribution in [-0.4, -0.2) is 98.2 Å². The molecule has 3 heterocycles. The summed E-state index contributed by atoms with van der Waals surface area (Å²) in [6, 6.07) is -2.57. The van der Waals surface area contributed by atoms with Crippen molar-refractivity contribution in [1.29, 1.82) is 5.41 Å². The lowest BCUT2D eigenvalue weighted by molar-refractivity contribution is -0.265. The van der Waals surface area contributed by atoms with Crippen molar-refractivity contribution in [1.82, 2.24) is 15.3 Å². The molecule has 14 nitrogen and oxygen atoms in total. The Kier molecular flexibility index (Phi) is 3.48. The lowest BCUT2D eigenvalue weighted by atomic mass is 9.85. The van der Waals surface area contributed by atoms with Crippen LogP contribution in [0.25, 0.3) is 0 Å². The zero-order valence-corrected chi connectivity index (χ0v) is 12.8. The third-order valence-electron chi connectivity index (χ3n) is 4.39. The van der Waals surface area contributed by atoms with Crippen molar-refractivity contribution in [3.05, 3.63) is 0 Å². The fourth-order valence-corrected chi connectivity index (χ4v) is 3.91. The molecule has 15 heteroatoms. The summed E-state index contributed by atoms with van der Waals surface area (Å²) >= 11 is 0. The van der Waals surface area contributed by atoms with E-state index in [1.54, 1.807) is 0 Å². The number of nitrogens with two attached hydrogens (primary N) is 1. The number of nitrogens with one attached hydrogen (secondary N) is 2. The molecule has 2 saturated heterocycles. The summed E-state index contributed by atoms with van der Waals surface area (Å²) in [7, 11) is -5.06. The number of aliphatic hydroxyl groups excluding tert-OH is 1. The van der Waals surface area contributed by atoms with E-state index < -0.39 is 59.1 Å². The van der Waals surface area contributed by atoms with Gasteiger partial charge in [0.2, 0.25) is 11.7 Å². The van der Waals surface area contributed by atoms with E-state index in [2.05, 4.69) is 14.5 Å². The minimum absolute atomic E-state index is 0.286. The van der Waals surface area contributed by atoms with Crippen LogP contribution in [0, 0.1) is 5.41 Å². The molecule has 0 aliphatic carbocycles. The predicted molar refractivity (Wildman–Crippen MR) is 73.8 cm³/mol. The Bertz CT molecular complexity index is 711. The van der Waals surface area contributed by atoms with Crippen LogP contribution in [0.2, 0.25) is 0 Å². The van der Waals surface area contributed by atoms with E-state index in [1.807, 2.05) is 0 Å². The van der Waals surface area contributed by atoms with E-state index in [0.29, 0.717) is 5.06 Å². The van der Waals surface area contributed by atoms with Crippen molar-refractivity contribution >= 4 is 22.3 Å². The zero-order valence-electron chi connectivity index (χ0n) is 11.9.